The van der Waals surface area contributed by atoms with Gasteiger partial charge in [-0.15, -0.1) is 0 Å². The van der Waals surface area contributed by atoms with Crippen molar-refractivity contribution in [1.29, 1.82) is 0 Å². The van der Waals surface area contributed by atoms with Crippen LogP contribution < -0.4 is 0 Å². The van der Waals surface area contributed by atoms with Crippen LogP contribution in [0.1, 0.15) is 26.2 Å². The predicted molar refractivity (Wildman–Crippen MR) is 43.6 cm³/mol. The molecule has 72 valence electrons. The van der Waals surface area contributed by atoms with Crippen molar-refractivity contribution >= 4 is 5.97 Å². The highest BCUT2D eigenvalue weighted by Gasteiger charge is 2.05. The van der Waals surface area contributed by atoms with Gasteiger partial charge < -0.3 is 14.9 Å². The molecule has 0 aliphatic heterocycles. The zero-order chi connectivity index (χ0) is 9.40. The van der Waals surface area contributed by atoms with Gasteiger partial charge in [-0.2, -0.15) is 0 Å². The van der Waals surface area contributed by atoms with Crippen LogP contribution in [0.15, 0.2) is 0 Å². The third-order valence-electron chi connectivity index (χ3n) is 1.43. The molecule has 0 aliphatic carbocycles. The molecule has 0 amide bonds. The lowest BCUT2D eigenvalue weighted by molar-refractivity contribution is -0.143. The van der Waals surface area contributed by atoms with Gasteiger partial charge in [-0.25, -0.2) is 0 Å². The molecule has 0 fully saturated rings. The number of rotatable bonds is 6. The second kappa shape index (κ2) is 7.06. The van der Waals surface area contributed by atoms with E-state index in [1.165, 1.54) is 0 Å². The lowest BCUT2D eigenvalue weighted by Gasteiger charge is -2.05. The van der Waals surface area contributed by atoms with Crippen molar-refractivity contribution in [2.24, 2.45) is 0 Å². The number of hydrogen-bond donors (Lipinski definition) is 2. The lowest BCUT2D eigenvalue weighted by atomic mass is 10.1. The van der Waals surface area contributed by atoms with Gasteiger partial charge in [0.1, 0.15) is 0 Å². The molecule has 12 heavy (non-hydrogen) atoms. The summed E-state index contributed by atoms with van der Waals surface area (Å²) in [7, 11) is 0. The standard InChI is InChI=1S/C8H16O4/c1-2-12-8(11)5-3-4-7(10)6-9/h7,9-10H,2-6H2,1H3. The Morgan fingerprint density at radius 1 is 1.58 bits per heavy atom. The minimum absolute atomic E-state index is 0.247. The van der Waals surface area contributed by atoms with E-state index in [0.29, 0.717) is 25.9 Å². The van der Waals surface area contributed by atoms with Crippen LogP contribution in [0.25, 0.3) is 0 Å². The summed E-state index contributed by atoms with van der Waals surface area (Å²) >= 11 is 0. The topological polar surface area (TPSA) is 66.8 Å². The monoisotopic (exact) mass is 176 g/mol. The largest absolute Gasteiger partial charge is 0.466 e. The molecular weight excluding hydrogens is 160 g/mol. The average Bonchev–Trinajstić information content (AvgIpc) is 2.04. The third kappa shape index (κ3) is 6.12. The molecule has 0 saturated heterocycles. The van der Waals surface area contributed by atoms with Crippen LogP contribution in [0.5, 0.6) is 0 Å². The Balaban J connectivity index is 3.24. The van der Waals surface area contributed by atoms with Crippen LogP contribution in [-0.4, -0.2) is 35.5 Å². The highest BCUT2D eigenvalue weighted by Crippen LogP contribution is 2.01. The number of esters is 1. The first-order valence-corrected chi connectivity index (χ1v) is 4.15. The molecule has 0 radical (unpaired) electrons. The molecule has 0 aliphatic rings. The fourth-order valence-electron chi connectivity index (χ4n) is 0.806. The van der Waals surface area contributed by atoms with E-state index >= 15 is 0 Å². The number of aliphatic hydroxyl groups is 2. The van der Waals surface area contributed by atoms with Crippen molar-refractivity contribution in [1.82, 2.24) is 0 Å². The number of carbonyl (C=O) groups excluding carboxylic acids is 1. The van der Waals surface area contributed by atoms with Crippen LogP contribution in [0.3, 0.4) is 0 Å². The van der Waals surface area contributed by atoms with Crippen LogP contribution in [-0.2, 0) is 9.53 Å². The maximum atomic E-state index is 10.7. The summed E-state index contributed by atoms with van der Waals surface area (Å²) in [5.74, 6) is -0.248. The second-order valence-electron chi connectivity index (χ2n) is 2.53. The summed E-state index contributed by atoms with van der Waals surface area (Å²) in [5, 5.41) is 17.3. The van der Waals surface area contributed by atoms with Gasteiger partial charge in [0.2, 0.25) is 0 Å². The summed E-state index contributed by atoms with van der Waals surface area (Å²) in [6.07, 6.45) is 0.597. The first-order valence-electron chi connectivity index (χ1n) is 4.15. The van der Waals surface area contributed by atoms with E-state index in [4.69, 9.17) is 10.2 Å². The number of carbonyl (C=O) groups is 1. The van der Waals surface area contributed by atoms with Gasteiger partial charge in [0, 0.05) is 6.42 Å². The van der Waals surface area contributed by atoms with E-state index < -0.39 is 6.10 Å². The molecule has 0 spiro atoms. The summed E-state index contributed by atoms with van der Waals surface area (Å²) in [6.45, 7) is 1.89. The smallest absolute Gasteiger partial charge is 0.305 e. The van der Waals surface area contributed by atoms with Crippen molar-refractivity contribution in [3.63, 3.8) is 0 Å². The fraction of sp³-hybridized carbons (Fsp3) is 0.875. The molecule has 2 N–H and O–H groups in total. The zero-order valence-corrected chi connectivity index (χ0v) is 7.32. The summed E-state index contributed by atoms with van der Waals surface area (Å²) < 4.78 is 4.67. The van der Waals surface area contributed by atoms with E-state index in [9.17, 15) is 4.79 Å². The van der Waals surface area contributed by atoms with Gasteiger partial charge in [0.25, 0.3) is 0 Å². The Bertz CT molecular complexity index is 124. The van der Waals surface area contributed by atoms with Crippen LogP contribution in [0.2, 0.25) is 0 Å². The van der Waals surface area contributed by atoms with E-state index in [-0.39, 0.29) is 12.6 Å². The van der Waals surface area contributed by atoms with E-state index in [2.05, 4.69) is 4.74 Å². The lowest BCUT2D eigenvalue weighted by Crippen LogP contribution is -2.12. The van der Waals surface area contributed by atoms with Gasteiger partial charge in [0.15, 0.2) is 0 Å². The molecule has 1 unspecified atom stereocenters. The Kier molecular flexibility index (Phi) is 6.70. The van der Waals surface area contributed by atoms with Crippen LogP contribution >= 0.6 is 0 Å². The zero-order valence-electron chi connectivity index (χ0n) is 7.32. The summed E-state index contributed by atoms with van der Waals surface area (Å²) in [6, 6.07) is 0. The maximum absolute atomic E-state index is 10.7. The van der Waals surface area contributed by atoms with Gasteiger partial charge in [0.05, 0.1) is 19.3 Å². The molecular formula is C8H16O4. The highest BCUT2D eigenvalue weighted by atomic mass is 16.5. The normalized spacial score (nSPS) is 12.6. The molecule has 0 rings (SSSR count). The Hall–Kier alpha value is -0.610. The van der Waals surface area contributed by atoms with Crippen LogP contribution in [0, 0.1) is 0 Å². The van der Waals surface area contributed by atoms with Crippen LogP contribution in [0.4, 0.5) is 0 Å². The minimum Gasteiger partial charge on any atom is -0.466 e. The van der Waals surface area contributed by atoms with Gasteiger partial charge in [-0.1, -0.05) is 0 Å². The highest BCUT2D eigenvalue weighted by molar-refractivity contribution is 5.69. The molecule has 4 nitrogen and oxygen atoms in total. The summed E-state index contributed by atoms with van der Waals surface area (Å²) in [4.78, 5) is 10.7. The Morgan fingerprint density at radius 2 is 2.25 bits per heavy atom. The average molecular weight is 176 g/mol. The van der Waals surface area contributed by atoms with E-state index in [0.717, 1.165) is 0 Å². The molecule has 4 heteroatoms. The molecule has 0 heterocycles. The summed E-state index contributed by atoms with van der Waals surface area (Å²) in [5.41, 5.74) is 0. The predicted octanol–water partition coefficient (Wildman–Crippen LogP) is 0.0730. The molecule has 0 aromatic heterocycles. The maximum Gasteiger partial charge on any atom is 0.305 e. The van der Waals surface area contributed by atoms with Crippen molar-refractivity contribution < 1.29 is 19.7 Å². The SMILES string of the molecule is CCOC(=O)CCCC(O)CO. The molecule has 1 atom stereocenters. The van der Waals surface area contributed by atoms with Gasteiger partial charge >= 0.3 is 5.97 Å². The number of hydrogen-bond acceptors (Lipinski definition) is 4. The Labute approximate surface area is 72.2 Å². The molecule has 0 aromatic rings. The van der Waals surface area contributed by atoms with E-state index in [1.54, 1.807) is 6.92 Å². The number of ether oxygens (including phenoxy) is 1. The van der Waals surface area contributed by atoms with Gasteiger partial charge in [-0.3, -0.25) is 4.79 Å². The molecule has 0 aromatic carbocycles. The molecule has 0 saturated carbocycles. The van der Waals surface area contributed by atoms with Crippen molar-refractivity contribution in [2.75, 3.05) is 13.2 Å². The minimum atomic E-state index is -0.709. The first-order chi connectivity index (χ1) is 5.70. The van der Waals surface area contributed by atoms with E-state index in [1.807, 2.05) is 0 Å². The first kappa shape index (κ1) is 11.4. The van der Waals surface area contributed by atoms with Crippen molar-refractivity contribution in [3.8, 4) is 0 Å². The number of aliphatic hydroxyl groups excluding tert-OH is 2. The Morgan fingerprint density at radius 3 is 2.75 bits per heavy atom. The van der Waals surface area contributed by atoms with Gasteiger partial charge in [-0.05, 0) is 19.8 Å². The van der Waals surface area contributed by atoms with Crippen molar-refractivity contribution in [3.05, 3.63) is 0 Å². The third-order valence-corrected chi connectivity index (χ3v) is 1.43. The second-order valence-corrected chi connectivity index (χ2v) is 2.53. The quantitative estimate of drug-likeness (QED) is 0.562. The fourth-order valence-corrected chi connectivity index (χ4v) is 0.806. The molecule has 0 bridgehead atoms. The van der Waals surface area contributed by atoms with Crippen molar-refractivity contribution in [2.45, 2.75) is 32.3 Å².